The van der Waals surface area contributed by atoms with Crippen LogP contribution in [0.4, 0.5) is 0 Å². The van der Waals surface area contributed by atoms with Gasteiger partial charge in [0.15, 0.2) is 5.82 Å². The lowest BCUT2D eigenvalue weighted by atomic mass is 9.97. The zero-order valence-corrected chi connectivity index (χ0v) is 14.6. The first-order valence-corrected chi connectivity index (χ1v) is 9.46. The Morgan fingerprint density at radius 1 is 1.04 bits per heavy atom. The van der Waals surface area contributed by atoms with Gasteiger partial charge in [-0.05, 0) is 72.0 Å². The lowest BCUT2D eigenvalue weighted by Gasteiger charge is -2.43. The highest BCUT2D eigenvalue weighted by molar-refractivity contribution is 5.06. The van der Waals surface area contributed by atoms with Crippen molar-refractivity contribution in [3.8, 4) is 0 Å². The minimum absolute atomic E-state index is 0.225. The summed E-state index contributed by atoms with van der Waals surface area (Å²) in [4.78, 5) is 9.97. The second-order valence-corrected chi connectivity index (χ2v) is 8.25. The van der Waals surface area contributed by atoms with Crippen molar-refractivity contribution >= 4 is 0 Å². The van der Waals surface area contributed by atoms with E-state index >= 15 is 0 Å². The van der Waals surface area contributed by atoms with E-state index in [-0.39, 0.29) is 5.54 Å². The van der Waals surface area contributed by atoms with Gasteiger partial charge in [0.1, 0.15) is 0 Å². The summed E-state index contributed by atoms with van der Waals surface area (Å²) in [7, 11) is 0. The van der Waals surface area contributed by atoms with Crippen LogP contribution in [0.1, 0.15) is 82.5 Å². The van der Waals surface area contributed by atoms with Gasteiger partial charge in [0, 0.05) is 18.0 Å². The molecule has 0 radical (unpaired) electrons. The predicted octanol–water partition coefficient (Wildman–Crippen LogP) is 3.35. The Balaban J connectivity index is 1.44. The van der Waals surface area contributed by atoms with Crippen molar-refractivity contribution in [2.75, 3.05) is 26.2 Å². The summed E-state index contributed by atoms with van der Waals surface area (Å²) in [5, 5.41) is 4.22. The van der Waals surface area contributed by atoms with Crippen molar-refractivity contribution in [1.29, 1.82) is 0 Å². The molecule has 3 aliphatic rings. The van der Waals surface area contributed by atoms with Crippen LogP contribution in [-0.2, 0) is 0 Å². The molecule has 128 valence electrons. The summed E-state index contributed by atoms with van der Waals surface area (Å²) < 4.78 is 5.62. The van der Waals surface area contributed by atoms with E-state index in [9.17, 15) is 0 Å². The van der Waals surface area contributed by atoms with Crippen LogP contribution in [0.25, 0.3) is 0 Å². The first-order valence-electron chi connectivity index (χ1n) is 9.46. The summed E-state index contributed by atoms with van der Waals surface area (Å²) in [6, 6.07) is 0.332. The molecule has 1 atom stereocenters. The number of hydrogen-bond acceptors (Lipinski definition) is 5. The lowest BCUT2D eigenvalue weighted by Crippen LogP contribution is -2.53. The molecule has 5 nitrogen and oxygen atoms in total. The maximum Gasteiger partial charge on any atom is 0.244 e. The quantitative estimate of drug-likeness (QED) is 0.833. The van der Waals surface area contributed by atoms with Crippen LogP contribution >= 0.6 is 0 Å². The van der Waals surface area contributed by atoms with Crippen molar-refractivity contribution in [1.82, 2.24) is 19.9 Å². The minimum atomic E-state index is 0.225. The van der Waals surface area contributed by atoms with E-state index in [1.165, 1.54) is 51.6 Å². The molecule has 1 aromatic heterocycles. The van der Waals surface area contributed by atoms with Crippen molar-refractivity contribution in [2.24, 2.45) is 0 Å². The maximum absolute atomic E-state index is 5.62. The van der Waals surface area contributed by atoms with Gasteiger partial charge in [0.25, 0.3) is 0 Å². The van der Waals surface area contributed by atoms with Crippen molar-refractivity contribution in [3.63, 3.8) is 0 Å². The summed E-state index contributed by atoms with van der Waals surface area (Å²) in [5.41, 5.74) is 0.225. The third kappa shape index (κ3) is 3.31. The van der Waals surface area contributed by atoms with Gasteiger partial charge in [-0.2, -0.15) is 4.98 Å². The second kappa shape index (κ2) is 6.17. The van der Waals surface area contributed by atoms with E-state index in [1.807, 2.05) is 0 Å². The largest absolute Gasteiger partial charge is 0.338 e. The van der Waals surface area contributed by atoms with E-state index in [0.717, 1.165) is 31.2 Å². The molecule has 4 rings (SSSR count). The summed E-state index contributed by atoms with van der Waals surface area (Å²) >= 11 is 0. The molecule has 3 heterocycles. The fourth-order valence-electron chi connectivity index (χ4n) is 4.28. The SMILES string of the molecule is CC(C)(CN1CCC[C@H]1c1nc(C2CC2)no1)N1CCCCC1. The normalized spacial score (nSPS) is 27.7. The number of likely N-dealkylation sites (tertiary alicyclic amines) is 2. The molecule has 0 spiro atoms. The monoisotopic (exact) mass is 318 g/mol. The zero-order chi connectivity index (χ0) is 15.9. The topological polar surface area (TPSA) is 45.4 Å². The molecule has 2 saturated heterocycles. The number of hydrogen-bond donors (Lipinski definition) is 0. The molecule has 0 aromatic carbocycles. The van der Waals surface area contributed by atoms with Gasteiger partial charge in [0.05, 0.1) is 6.04 Å². The first-order chi connectivity index (χ1) is 11.1. The molecular formula is C18H30N4O. The van der Waals surface area contributed by atoms with E-state index in [0.29, 0.717) is 12.0 Å². The molecule has 2 aliphatic heterocycles. The van der Waals surface area contributed by atoms with Crippen LogP contribution in [0.15, 0.2) is 4.52 Å². The minimum Gasteiger partial charge on any atom is -0.338 e. The smallest absolute Gasteiger partial charge is 0.244 e. The Hall–Kier alpha value is -0.940. The Morgan fingerprint density at radius 3 is 2.57 bits per heavy atom. The molecule has 0 unspecified atom stereocenters. The molecule has 23 heavy (non-hydrogen) atoms. The Labute approximate surface area is 139 Å². The number of rotatable bonds is 5. The lowest BCUT2D eigenvalue weighted by molar-refractivity contribution is 0.0487. The van der Waals surface area contributed by atoms with E-state index < -0.39 is 0 Å². The highest BCUT2D eigenvalue weighted by atomic mass is 16.5. The number of nitrogens with zero attached hydrogens (tertiary/aromatic N) is 4. The van der Waals surface area contributed by atoms with Gasteiger partial charge in [-0.3, -0.25) is 9.80 Å². The summed E-state index contributed by atoms with van der Waals surface area (Å²) in [6.45, 7) is 9.55. The fourth-order valence-corrected chi connectivity index (χ4v) is 4.28. The number of aromatic nitrogens is 2. The highest BCUT2D eigenvalue weighted by Gasteiger charge is 2.38. The van der Waals surface area contributed by atoms with Crippen LogP contribution in [0, 0.1) is 0 Å². The van der Waals surface area contributed by atoms with E-state index in [4.69, 9.17) is 9.51 Å². The van der Waals surface area contributed by atoms with E-state index in [1.54, 1.807) is 0 Å². The van der Waals surface area contributed by atoms with Gasteiger partial charge < -0.3 is 4.52 Å². The van der Waals surface area contributed by atoms with Crippen LogP contribution in [0.5, 0.6) is 0 Å². The Morgan fingerprint density at radius 2 is 1.83 bits per heavy atom. The molecule has 0 amide bonds. The maximum atomic E-state index is 5.62. The van der Waals surface area contributed by atoms with Gasteiger partial charge in [-0.1, -0.05) is 11.6 Å². The van der Waals surface area contributed by atoms with Crippen molar-refractivity contribution in [3.05, 3.63) is 11.7 Å². The van der Waals surface area contributed by atoms with Crippen LogP contribution in [0.2, 0.25) is 0 Å². The Bertz CT molecular complexity index is 531. The highest BCUT2D eigenvalue weighted by Crippen LogP contribution is 2.40. The fraction of sp³-hybridized carbons (Fsp3) is 0.889. The van der Waals surface area contributed by atoms with E-state index in [2.05, 4.69) is 28.8 Å². The van der Waals surface area contributed by atoms with Crippen LogP contribution in [0.3, 0.4) is 0 Å². The van der Waals surface area contributed by atoms with Gasteiger partial charge in [-0.25, -0.2) is 0 Å². The molecule has 0 N–H and O–H groups in total. The average Bonchev–Trinajstić information content (AvgIpc) is 3.11. The van der Waals surface area contributed by atoms with Gasteiger partial charge in [-0.15, -0.1) is 0 Å². The van der Waals surface area contributed by atoms with Gasteiger partial charge in [0.2, 0.25) is 5.89 Å². The predicted molar refractivity (Wildman–Crippen MR) is 89.3 cm³/mol. The third-order valence-electron chi connectivity index (χ3n) is 5.85. The van der Waals surface area contributed by atoms with Crippen molar-refractivity contribution in [2.45, 2.75) is 76.3 Å². The summed E-state index contributed by atoms with van der Waals surface area (Å²) in [6.07, 6.45) is 8.95. The van der Waals surface area contributed by atoms with Gasteiger partial charge >= 0.3 is 0 Å². The van der Waals surface area contributed by atoms with Crippen LogP contribution in [-0.4, -0.2) is 51.7 Å². The average molecular weight is 318 g/mol. The molecule has 1 aromatic rings. The molecule has 3 fully saturated rings. The summed E-state index contributed by atoms with van der Waals surface area (Å²) in [5.74, 6) is 2.38. The molecule has 0 bridgehead atoms. The molecule has 1 saturated carbocycles. The van der Waals surface area contributed by atoms with Crippen LogP contribution < -0.4 is 0 Å². The Kier molecular flexibility index (Phi) is 4.18. The molecular weight excluding hydrogens is 288 g/mol. The number of piperidine rings is 1. The second-order valence-electron chi connectivity index (χ2n) is 8.25. The molecule has 1 aliphatic carbocycles. The standard InChI is InChI=1S/C18H30N4O/c1-18(2,22-11-4-3-5-12-22)13-21-10-6-7-15(21)17-19-16(20-23-17)14-8-9-14/h14-15H,3-13H2,1-2H3/t15-/m0/s1. The zero-order valence-electron chi connectivity index (χ0n) is 14.6. The van der Waals surface area contributed by atoms with Crippen molar-refractivity contribution < 1.29 is 4.52 Å². The first kappa shape index (κ1) is 15.6. The third-order valence-corrected chi connectivity index (χ3v) is 5.85. The molecule has 5 heteroatoms.